The first kappa shape index (κ1) is 22.7. The molecular weight excluding hydrogens is 471 g/mol. The van der Waals surface area contributed by atoms with E-state index in [9.17, 15) is 14.4 Å². The standard InChI is InChI=1S/C23H20Cl2N2O4S/c24-17-10-16(21(18(25)12-17)31-14-15-6-2-1-3-7-15)11-19-22(29)27(23(30)32-19)13-20(28)26-8-4-5-9-26/h1-3,6-7,10-12H,4-5,8-9,13-14H2/b19-11-. The van der Waals surface area contributed by atoms with Crippen molar-refractivity contribution in [3.05, 3.63) is 68.5 Å². The van der Waals surface area contributed by atoms with Gasteiger partial charge in [-0.1, -0.05) is 53.5 Å². The molecule has 2 heterocycles. The zero-order chi connectivity index (χ0) is 22.7. The number of carbonyl (C=O) groups is 3. The van der Waals surface area contributed by atoms with Crippen molar-refractivity contribution in [2.45, 2.75) is 19.4 Å². The summed E-state index contributed by atoms with van der Waals surface area (Å²) in [7, 11) is 0. The zero-order valence-corrected chi connectivity index (χ0v) is 19.4. The van der Waals surface area contributed by atoms with Crippen molar-refractivity contribution in [2.24, 2.45) is 0 Å². The fraction of sp³-hybridized carbons (Fsp3) is 0.261. The maximum Gasteiger partial charge on any atom is 0.294 e. The van der Waals surface area contributed by atoms with Crippen molar-refractivity contribution in [3.8, 4) is 5.75 Å². The van der Waals surface area contributed by atoms with Crippen molar-refractivity contribution in [1.29, 1.82) is 0 Å². The first-order valence-electron chi connectivity index (χ1n) is 10.1. The van der Waals surface area contributed by atoms with Crippen LogP contribution in [0.15, 0.2) is 47.4 Å². The summed E-state index contributed by atoms with van der Waals surface area (Å²) in [5.74, 6) is -0.374. The van der Waals surface area contributed by atoms with Gasteiger partial charge in [-0.25, -0.2) is 0 Å². The van der Waals surface area contributed by atoms with Crippen LogP contribution in [0, 0.1) is 0 Å². The van der Waals surface area contributed by atoms with Gasteiger partial charge < -0.3 is 9.64 Å². The molecule has 0 N–H and O–H groups in total. The highest BCUT2D eigenvalue weighted by atomic mass is 35.5. The minimum atomic E-state index is -0.516. The van der Waals surface area contributed by atoms with Crippen LogP contribution in [0.2, 0.25) is 10.0 Å². The molecule has 0 spiro atoms. The number of imide groups is 1. The van der Waals surface area contributed by atoms with Gasteiger partial charge in [0.15, 0.2) is 0 Å². The Morgan fingerprint density at radius 2 is 1.81 bits per heavy atom. The molecule has 4 rings (SSSR count). The van der Waals surface area contributed by atoms with E-state index >= 15 is 0 Å². The summed E-state index contributed by atoms with van der Waals surface area (Å²) in [6.07, 6.45) is 3.41. The predicted octanol–water partition coefficient (Wildman–Crippen LogP) is 5.23. The number of halogens is 2. The van der Waals surface area contributed by atoms with E-state index in [-0.39, 0.29) is 24.0 Å². The van der Waals surface area contributed by atoms with Gasteiger partial charge in [0.2, 0.25) is 5.91 Å². The van der Waals surface area contributed by atoms with Crippen LogP contribution in [0.1, 0.15) is 24.0 Å². The quantitative estimate of drug-likeness (QED) is 0.518. The molecular formula is C23H20Cl2N2O4S. The van der Waals surface area contributed by atoms with Crippen LogP contribution < -0.4 is 4.74 Å². The van der Waals surface area contributed by atoms with E-state index in [1.807, 2.05) is 30.3 Å². The number of thioether (sulfide) groups is 1. The largest absolute Gasteiger partial charge is 0.487 e. The Morgan fingerprint density at radius 1 is 1.09 bits per heavy atom. The topological polar surface area (TPSA) is 66.9 Å². The number of likely N-dealkylation sites (tertiary alicyclic amines) is 1. The fourth-order valence-corrected chi connectivity index (χ4v) is 4.94. The van der Waals surface area contributed by atoms with Gasteiger partial charge in [-0.2, -0.15) is 0 Å². The first-order valence-corrected chi connectivity index (χ1v) is 11.7. The van der Waals surface area contributed by atoms with Crippen LogP contribution in [0.3, 0.4) is 0 Å². The Kier molecular flexibility index (Phi) is 7.08. The summed E-state index contributed by atoms with van der Waals surface area (Å²) in [4.78, 5) is 40.6. The van der Waals surface area contributed by atoms with E-state index < -0.39 is 11.1 Å². The molecule has 0 aromatic heterocycles. The number of nitrogens with zero attached hydrogens (tertiary/aromatic N) is 2. The van der Waals surface area contributed by atoms with E-state index in [2.05, 4.69) is 0 Å². The molecule has 0 saturated carbocycles. The van der Waals surface area contributed by atoms with E-state index in [0.29, 0.717) is 34.4 Å². The minimum Gasteiger partial charge on any atom is -0.487 e. The molecule has 0 aliphatic carbocycles. The van der Waals surface area contributed by atoms with Crippen LogP contribution >= 0.6 is 35.0 Å². The van der Waals surface area contributed by atoms with Gasteiger partial charge in [0.05, 0.1) is 9.93 Å². The number of ether oxygens (including phenoxy) is 1. The fourth-order valence-electron chi connectivity index (χ4n) is 3.55. The smallest absolute Gasteiger partial charge is 0.294 e. The second-order valence-electron chi connectivity index (χ2n) is 7.44. The third-order valence-corrected chi connectivity index (χ3v) is 6.58. The summed E-state index contributed by atoms with van der Waals surface area (Å²) in [5.41, 5.74) is 1.43. The van der Waals surface area contributed by atoms with Gasteiger partial charge in [-0.15, -0.1) is 0 Å². The molecule has 2 aliphatic rings. The molecule has 0 atom stereocenters. The summed E-state index contributed by atoms with van der Waals surface area (Å²) in [6, 6.07) is 12.7. The number of carbonyl (C=O) groups excluding carboxylic acids is 3. The highest BCUT2D eigenvalue weighted by Gasteiger charge is 2.37. The van der Waals surface area contributed by atoms with Gasteiger partial charge >= 0.3 is 0 Å². The van der Waals surface area contributed by atoms with Crippen LogP contribution in [0.5, 0.6) is 5.75 Å². The summed E-state index contributed by atoms with van der Waals surface area (Å²) < 4.78 is 5.93. The van der Waals surface area contributed by atoms with E-state index in [4.69, 9.17) is 27.9 Å². The molecule has 166 valence electrons. The van der Waals surface area contributed by atoms with Gasteiger partial charge in [-0.3, -0.25) is 19.3 Å². The van der Waals surface area contributed by atoms with Gasteiger partial charge in [0.25, 0.3) is 11.1 Å². The molecule has 3 amide bonds. The van der Waals surface area contributed by atoms with Crippen LogP contribution in [-0.4, -0.2) is 46.5 Å². The van der Waals surface area contributed by atoms with E-state index in [0.717, 1.165) is 35.1 Å². The summed E-state index contributed by atoms with van der Waals surface area (Å²) in [6.45, 7) is 1.34. The Morgan fingerprint density at radius 3 is 2.53 bits per heavy atom. The highest BCUT2D eigenvalue weighted by molar-refractivity contribution is 8.18. The third kappa shape index (κ3) is 5.11. The molecule has 2 saturated heterocycles. The first-order chi connectivity index (χ1) is 15.4. The molecule has 2 aliphatic heterocycles. The Hall–Kier alpha value is -2.48. The van der Waals surface area contributed by atoms with Crippen molar-refractivity contribution in [1.82, 2.24) is 9.80 Å². The Labute approximate surface area is 200 Å². The molecule has 0 unspecified atom stereocenters. The number of hydrogen-bond donors (Lipinski definition) is 0. The second kappa shape index (κ2) is 9.98. The van der Waals surface area contributed by atoms with Crippen LogP contribution in [-0.2, 0) is 16.2 Å². The van der Waals surface area contributed by atoms with Gasteiger partial charge in [0.1, 0.15) is 18.9 Å². The molecule has 32 heavy (non-hydrogen) atoms. The second-order valence-corrected chi connectivity index (χ2v) is 9.27. The lowest BCUT2D eigenvalue weighted by Crippen LogP contribution is -2.40. The Balaban J connectivity index is 1.55. The van der Waals surface area contributed by atoms with Crippen LogP contribution in [0.25, 0.3) is 6.08 Å². The normalized spacial score (nSPS) is 17.5. The summed E-state index contributed by atoms with van der Waals surface area (Å²) >= 11 is 13.3. The average molecular weight is 491 g/mol. The van der Waals surface area contributed by atoms with Gasteiger partial charge in [0, 0.05) is 23.7 Å². The monoisotopic (exact) mass is 490 g/mol. The lowest BCUT2D eigenvalue weighted by molar-refractivity contribution is -0.135. The minimum absolute atomic E-state index is 0.187. The van der Waals surface area contributed by atoms with Crippen LogP contribution in [0.4, 0.5) is 4.79 Å². The molecule has 0 radical (unpaired) electrons. The van der Waals surface area contributed by atoms with Crippen molar-refractivity contribution in [2.75, 3.05) is 19.6 Å². The summed E-state index contributed by atoms with van der Waals surface area (Å²) in [5, 5.41) is 0.188. The molecule has 2 fully saturated rings. The van der Waals surface area contributed by atoms with E-state index in [1.165, 1.54) is 6.08 Å². The zero-order valence-electron chi connectivity index (χ0n) is 17.1. The number of amides is 3. The molecule has 6 nitrogen and oxygen atoms in total. The molecule has 0 bridgehead atoms. The van der Waals surface area contributed by atoms with Crippen molar-refractivity contribution in [3.63, 3.8) is 0 Å². The lowest BCUT2D eigenvalue weighted by atomic mass is 10.1. The third-order valence-electron chi connectivity index (χ3n) is 5.18. The number of rotatable bonds is 6. The number of hydrogen-bond acceptors (Lipinski definition) is 5. The van der Waals surface area contributed by atoms with E-state index in [1.54, 1.807) is 17.0 Å². The number of benzene rings is 2. The maximum atomic E-state index is 12.9. The average Bonchev–Trinajstić information content (AvgIpc) is 3.39. The van der Waals surface area contributed by atoms with Gasteiger partial charge in [-0.05, 0) is 48.4 Å². The van der Waals surface area contributed by atoms with Crippen molar-refractivity contribution >= 4 is 58.1 Å². The SMILES string of the molecule is O=C(CN1C(=O)S/C(=C\c2cc(Cl)cc(Cl)c2OCc2ccccc2)C1=O)N1CCCC1. The molecule has 2 aromatic rings. The predicted molar refractivity (Wildman–Crippen MR) is 126 cm³/mol. The lowest BCUT2D eigenvalue weighted by Gasteiger charge is -2.18. The van der Waals surface area contributed by atoms with Crippen molar-refractivity contribution < 1.29 is 19.1 Å². The molecule has 9 heteroatoms. The Bertz CT molecular complexity index is 1080. The molecule has 2 aromatic carbocycles. The highest BCUT2D eigenvalue weighted by Crippen LogP contribution is 2.38. The maximum absolute atomic E-state index is 12.9.